The van der Waals surface area contributed by atoms with E-state index in [-0.39, 0.29) is 12.1 Å². The molecule has 1 aromatic rings. The summed E-state index contributed by atoms with van der Waals surface area (Å²) in [5, 5.41) is 11.5. The summed E-state index contributed by atoms with van der Waals surface area (Å²) >= 11 is 1.75. The van der Waals surface area contributed by atoms with Crippen molar-refractivity contribution in [2.24, 2.45) is 5.92 Å². The van der Waals surface area contributed by atoms with E-state index < -0.39 is 12.1 Å². The number of likely N-dealkylation sites (tertiary alicyclic amines) is 2. The molecule has 2 amide bonds. The lowest BCUT2D eigenvalue weighted by molar-refractivity contribution is -0.192. The van der Waals surface area contributed by atoms with Gasteiger partial charge in [-0.25, -0.2) is 9.59 Å². The number of halogens is 3. The van der Waals surface area contributed by atoms with Gasteiger partial charge in [0.05, 0.1) is 12.7 Å². The number of ether oxygens (including phenoxy) is 1. The molecule has 3 fully saturated rings. The van der Waals surface area contributed by atoms with Crippen LogP contribution < -0.4 is 0 Å². The second-order valence-corrected chi connectivity index (χ2v) is 8.50. The molecule has 0 unspecified atom stereocenters. The number of alkyl halides is 3. The van der Waals surface area contributed by atoms with Crippen LogP contribution in [-0.4, -0.2) is 90.0 Å². The molecule has 3 aliphatic heterocycles. The molecule has 0 aliphatic carbocycles. The van der Waals surface area contributed by atoms with Gasteiger partial charge >= 0.3 is 18.2 Å². The Kier molecular flexibility index (Phi) is 7.59. The van der Waals surface area contributed by atoms with E-state index >= 15 is 0 Å². The van der Waals surface area contributed by atoms with Gasteiger partial charge in [0.1, 0.15) is 0 Å². The van der Waals surface area contributed by atoms with Crippen molar-refractivity contribution in [3.63, 3.8) is 0 Å². The third-order valence-corrected chi connectivity index (χ3v) is 6.22. The van der Waals surface area contributed by atoms with Gasteiger partial charge in [-0.05, 0) is 35.2 Å². The largest absolute Gasteiger partial charge is 0.490 e. The number of carboxylic acid groups (broad SMARTS) is 1. The van der Waals surface area contributed by atoms with Crippen LogP contribution >= 0.6 is 11.3 Å². The second kappa shape index (κ2) is 9.97. The number of carbonyl (C=O) groups is 2. The van der Waals surface area contributed by atoms with Gasteiger partial charge in [-0.15, -0.1) is 0 Å². The maximum atomic E-state index is 12.6. The van der Waals surface area contributed by atoms with Crippen LogP contribution in [0.1, 0.15) is 18.4 Å². The third-order valence-electron chi connectivity index (χ3n) is 5.49. The summed E-state index contributed by atoms with van der Waals surface area (Å²) in [6.07, 6.45) is -2.57. The maximum absolute atomic E-state index is 12.6. The molecule has 4 heterocycles. The predicted octanol–water partition coefficient (Wildman–Crippen LogP) is 2.73. The molecule has 0 aromatic carbocycles. The average Bonchev–Trinajstić information content (AvgIpc) is 3.42. The van der Waals surface area contributed by atoms with Crippen LogP contribution in [0.15, 0.2) is 16.8 Å². The molecule has 30 heavy (non-hydrogen) atoms. The fourth-order valence-corrected chi connectivity index (χ4v) is 4.67. The lowest BCUT2D eigenvalue weighted by Crippen LogP contribution is -2.41. The number of nitrogens with zero attached hydrogens (tertiary/aromatic N) is 3. The van der Waals surface area contributed by atoms with E-state index in [4.69, 9.17) is 14.6 Å². The molecule has 3 saturated heterocycles. The van der Waals surface area contributed by atoms with Crippen molar-refractivity contribution in [3.8, 4) is 0 Å². The molecule has 7 nitrogen and oxygen atoms in total. The van der Waals surface area contributed by atoms with Crippen LogP contribution in [0.5, 0.6) is 0 Å². The van der Waals surface area contributed by atoms with Gasteiger partial charge in [-0.3, -0.25) is 4.90 Å². The molecule has 11 heteroatoms. The molecule has 168 valence electrons. The Balaban J connectivity index is 0.000000318. The summed E-state index contributed by atoms with van der Waals surface area (Å²) in [7, 11) is 0. The van der Waals surface area contributed by atoms with Gasteiger partial charge in [0.25, 0.3) is 0 Å². The van der Waals surface area contributed by atoms with Gasteiger partial charge in [0, 0.05) is 51.7 Å². The zero-order valence-corrected chi connectivity index (χ0v) is 17.3. The topological polar surface area (TPSA) is 73.3 Å². The first-order chi connectivity index (χ1) is 14.2. The summed E-state index contributed by atoms with van der Waals surface area (Å²) in [5.41, 5.74) is 1.39. The number of rotatable bonds is 2. The van der Waals surface area contributed by atoms with Crippen molar-refractivity contribution < 1.29 is 32.6 Å². The van der Waals surface area contributed by atoms with Gasteiger partial charge in [0.2, 0.25) is 0 Å². The number of hydrogen-bond acceptors (Lipinski definition) is 5. The van der Waals surface area contributed by atoms with Crippen LogP contribution in [0.25, 0.3) is 0 Å². The Labute approximate surface area is 177 Å². The molecule has 0 bridgehead atoms. The molecule has 4 rings (SSSR count). The minimum Gasteiger partial charge on any atom is -0.475 e. The smallest absolute Gasteiger partial charge is 0.475 e. The highest BCUT2D eigenvalue weighted by molar-refractivity contribution is 7.07. The number of hydrogen-bond donors (Lipinski definition) is 1. The molecule has 3 aliphatic rings. The number of aliphatic carboxylic acids is 1. The molecule has 0 spiro atoms. The maximum Gasteiger partial charge on any atom is 0.490 e. The van der Waals surface area contributed by atoms with Crippen molar-refractivity contribution in [2.75, 3.05) is 45.9 Å². The second-order valence-electron chi connectivity index (χ2n) is 7.72. The summed E-state index contributed by atoms with van der Waals surface area (Å²) in [6.45, 7) is 7.26. The van der Waals surface area contributed by atoms with Gasteiger partial charge in [-0.1, -0.05) is 0 Å². The third kappa shape index (κ3) is 6.08. The van der Waals surface area contributed by atoms with Crippen LogP contribution in [-0.2, 0) is 16.1 Å². The van der Waals surface area contributed by atoms with Crippen molar-refractivity contribution in [3.05, 3.63) is 22.4 Å². The van der Waals surface area contributed by atoms with Gasteiger partial charge < -0.3 is 19.6 Å². The van der Waals surface area contributed by atoms with E-state index in [9.17, 15) is 18.0 Å². The van der Waals surface area contributed by atoms with Gasteiger partial charge in [0.15, 0.2) is 0 Å². The fraction of sp³-hybridized carbons (Fsp3) is 0.684. The Bertz CT molecular complexity index is 710. The molecular weight excluding hydrogens is 423 g/mol. The molecule has 0 radical (unpaired) electrons. The average molecular weight is 449 g/mol. The standard InChI is InChI=1S/C17H25N3O2S.C2HF3O2/c21-17(19-4-1-2-5-19)20-11-15-10-18(6-7-22-16(15)12-20)9-14-3-8-23-13-14;3-2(4,5)1(6)7/h3,8,13,15-16H,1-2,4-7,9-12H2;(H,6,7)/t15-,16+;/m0./s1. The molecule has 1 N–H and O–H groups in total. The normalized spacial score (nSPS) is 24.8. The first kappa shape index (κ1) is 22.8. The van der Waals surface area contributed by atoms with E-state index in [0.29, 0.717) is 5.92 Å². The quantitative estimate of drug-likeness (QED) is 0.752. The zero-order valence-electron chi connectivity index (χ0n) is 16.5. The van der Waals surface area contributed by atoms with Crippen LogP contribution in [0.3, 0.4) is 0 Å². The number of fused-ring (bicyclic) bond motifs is 1. The molecule has 1 aromatic heterocycles. The van der Waals surface area contributed by atoms with Gasteiger partial charge in [-0.2, -0.15) is 24.5 Å². The summed E-state index contributed by atoms with van der Waals surface area (Å²) < 4.78 is 37.8. The van der Waals surface area contributed by atoms with E-state index in [2.05, 4.69) is 21.7 Å². The molecular formula is C19H26F3N3O4S. The zero-order chi connectivity index (χ0) is 21.7. The number of thiophene rings is 1. The number of urea groups is 1. The Morgan fingerprint density at radius 3 is 2.43 bits per heavy atom. The van der Waals surface area contributed by atoms with Crippen LogP contribution in [0.4, 0.5) is 18.0 Å². The predicted molar refractivity (Wildman–Crippen MR) is 104 cm³/mol. The minimum atomic E-state index is -5.08. The first-order valence-electron chi connectivity index (χ1n) is 9.93. The lowest BCUT2D eigenvalue weighted by atomic mass is 10.1. The monoisotopic (exact) mass is 449 g/mol. The molecule has 2 atom stereocenters. The number of carbonyl (C=O) groups excluding carboxylic acids is 1. The van der Waals surface area contributed by atoms with E-state index in [1.807, 2.05) is 9.80 Å². The SMILES string of the molecule is O=C(N1CCCC1)N1C[C@@H]2CN(Cc3ccsc3)CCO[C@@H]2C1.O=C(O)C(F)(F)F. The highest BCUT2D eigenvalue weighted by atomic mass is 32.1. The Morgan fingerprint density at radius 2 is 1.83 bits per heavy atom. The summed E-state index contributed by atoms with van der Waals surface area (Å²) in [6, 6.07) is 2.43. The number of carboxylic acids is 1. The highest BCUT2D eigenvalue weighted by Gasteiger charge is 2.40. The first-order valence-corrected chi connectivity index (χ1v) is 10.9. The summed E-state index contributed by atoms with van der Waals surface area (Å²) in [4.78, 5) is 28.0. The fourth-order valence-electron chi connectivity index (χ4n) is 4.01. The lowest BCUT2D eigenvalue weighted by Gasteiger charge is -2.25. The highest BCUT2D eigenvalue weighted by Crippen LogP contribution is 2.26. The van der Waals surface area contributed by atoms with Crippen molar-refractivity contribution in [1.29, 1.82) is 0 Å². The minimum absolute atomic E-state index is 0.217. The van der Waals surface area contributed by atoms with E-state index in [1.165, 1.54) is 5.56 Å². The number of amides is 2. The van der Waals surface area contributed by atoms with Crippen LogP contribution in [0.2, 0.25) is 0 Å². The Hall–Kier alpha value is -1.85. The molecule has 0 saturated carbocycles. The van der Waals surface area contributed by atoms with Crippen molar-refractivity contribution in [1.82, 2.24) is 14.7 Å². The van der Waals surface area contributed by atoms with Crippen molar-refractivity contribution >= 4 is 23.3 Å². The van der Waals surface area contributed by atoms with E-state index in [0.717, 1.165) is 65.3 Å². The van der Waals surface area contributed by atoms with Crippen LogP contribution in [0, 0.1) is 5.92 Å². The van der Waals surface area contributed by atoms with E-state index in [1.54, 1.807) is 11.3 Å². The van der Waals surface area contributed by atoms with Crippen molar-refractivity contribution in [2.45, 2.75) is 31.7 Å². The Morgan fingerprint density at radius 1 is 1.13 bits per heavy atom. The summed E-state index contributed by atoms with van der Waals surface area (Å²) in [5.74, 6) is -2.31.